The molecule has 0 aliphatic carbocycles. The van der Waals surface area contributed by atoms with E-state index in [2.05, 4.69) is 0 Å². The standard InChI is InChI=1S/C16H20O3/c1-5-11(2)15(10-16(18)12(3)17)13-6-8-14(19-4)9-7-13/h6-10,18H,5H2,1-4H3/b15-11+,16-10-. The SMILES string of the molecule is CC/C(C)=C(\C=C(/O)C(C)=O)c1ccc(OC)cc1. The fraction of sp³-hybridized carbons (Fsp3) is 0.312. The molecule has 0 aromatic heterocycles. The van der Waals surface area contributed by atoms with Crippen LogP contribution in [0.3, 0.4) is 0 Å². The molecule has 19 heavy (non-hydrogen) atoms. The highest BCUT2D eigenvalue weighted by Gasteiger charge is 2.07. The summed E-state index contributed by atoms with van der Waals surface area (Å²) < 4.78 is 5.12. The molecule has 0 spiro atoms. The van der Waals surface area contributed by atoms with Gasteiger partial charge in [-0.25, -0.2) is 0 Å². The molecular formula is C16H20O3. The van der Waals surface area contributed by atoms with Gasteiger partial charge in [0.05, 0.1) is 7.11 Å². The van der Waals surface area contributed by atoms with E-state index in [4.69, 9.17) is 4.74 Å². The number of aliphatic hydroxyl groups excluding tert-OH is 1. The van der Waals surface area contributed by atoms with Crippen LogP contribution in [0.1, 0.15) is 32.8 Å². The zero-order valence-electron chi connectivity index (χ0n) is 11.9. The lowest BCUT2D eigenvalue weighted by Crippen LogP contribution is -1.97. The molecule has 3 heteroatoms. The molecule has 0 saturated carbocycles. The molecule has 0 aliphatic heterocycles. The summed E-state index contributed by atoms with van der Waals surface area (Å²) in [5, 5.41) is 9.66. The lowest BCUT2D eigenvalue weighted by atomic mass is 9.98. The van der Waals surface area contributed by atoms with Crippen LogP contribution < -0.4 is 4.74 Å². The smallest absolute Gasteiger partial charge is 0.194 e. The summed E-state index contributed by atoms with van der Waals surface area (Å²) in [6, 6.07) is 7.54. The maximum Gasteiger partial charge on any atom is 0.194 e. The Morgan fingerprint density at radius 2 is 1.84 bits per heavy atom. The Morgan fingerprint density at radius 3 is 2.26 bits per heavy atom. The second kappa shape index (κ2) is 6.78. The summed E-state index contributed by atoms with van der Waals surface area (Å²) >= 11 is 0. The number of benzene rings is 1. The third-order valence-electron chi connectivity index (χ3n) is 3.03. The number of rotatable bonds is 5. The van der Waals surface area contributed by atoms with E-state index in [1.807, 2.05) is 38.1 Å². The van der Waals surface area contributed by atoms with Crippen LogP contribution in [0.25, 0.3) is 5.57 Å². The predicted molar refractivity (Wildman–Crippen MR) is 77.3 cm³/mol. The van der Waals surface area contributed by atoms with Gasteiger partial charge in [0, 0.05) is 6.92 Å². The minimum absolute atomic E-state index is 0.224. The predicted octanol–water partition coefficient (Wildman–Crippen LogP) is 3.91. The van der Waals surface area contributed by atoms with Crippen LogP contribution in [0.15, 0.2) is 41.7 Å². The van der Waals surface area contributed by atoms with Gasteiger partial charge in [-0.2, -0.15) is 0 Å². The van der Waals surface area contributed by atoms with Crippen molar-refractivity contribution in [3.63, 3.8) is 0 Å². The van der Waals surface area contributed by atoms with Gasteiger partial charge in [-0.1, -0.05) is 24.6 Å². The summed E-state index contributed by atoms with van der Waals surface area (Å²) in [6.07, 6.45) is 2.38. The van der Waals surface area contributed by atoms with Crippen molar-refractivity contribution >= 4 is 11.4 Å². The molecule has 0 unspecified atom stereocenters. The fourth-order valence-corrected chi connectivity index (χ4v) is 1.65. The van der Waals surface area contributed by atoms with Crippen LogP contribution in [0, 0.1) is 0 Å². The van der Waals surface area contributed by atoms with E-state index in [-0.39, 0.29) is 11.5 Å². The van der Waals surface area contributed by atoms with E-state index in [0.717, 1.165) is 28.9 Å². The fourth-order valence-electron chi connectivity index (χ4n) is 1.65. The van der Waals surface area contributed by atoms with Gasteiger partial charge in [0.25, 0.3) is 0 Å². The van der Waals surface area contributed by atoms with E-state index in [9.17, 15) is 9.90 Å². The summed E-state index contributed by atoms with van der Waals surface area (Å²) in [5.41, 5.74) is 2.93. The number of ketones is 1. The maximum atomic E-state index is 11.2. The molecule has 1 aromatic carbocycles. The van der Waals surface area contributed by atoms with Crippen LogP contribution in [0.2, 0.25) is 0 Å². The van der Waals surface area contributed by atoms with Crippen molar-refractivity contribution in [1.29, 1.82) is 0 Å². The average Bonchev–Trinajstić information content (AvgIpc) is 2.43. The number of carbonyl (C=O) groups is 1. The molecule has 1 aromatic rings. The quantitative estimate of drug-likeness (QED) is 0.496. The maximum absolute atomic E-state index is 11.2. The lowest BCUT2D eigenvalue weighted by Gasteiger charge is -2.09. The third-order valence-corrected chi connectivity index (χ3v) is 3.03. The van der Waals surface area contributed by atoms with Crippen molar-refractivity contribution in [3.05, 3.63) is 47.2 Å². The number of methoxy groups -OCH3 is 1. The van der Waals surface area contributed by atoms with Crippen molar-refractivity contribution < 1.29 is 14.6 Å². The topological polar surface area (TPSA) is 46.5 Å². The number of ether oxygens (including phenoxy) is 1. The molecule has 0 saturated heterocycles. The van der Waals surface area contributed by atoms with E-state index in [1.54, 1.807) is 7.11 Å². The largest absolute Gasteiger partial charge is 0.504 e. The lowest BCUT2D eigenvalue weighted by molar-refractivity contribution is -0.115. The highest BCUT2D eigenvalue weighted by atomic mass is 16.5. The van der Waals surface area contributed by atoms with Crippen LogP contribution >= 0.6 is 0 Å². The van der Waals surface area contributed by atoms with Crippen molar-refractivity contribution in [2.45, 2.75) is 27.2 Å². The molecule has 0 amide bonds. The van der Waals surface area contributed by atoms with Gasteiger partial charge < -0.3 is 9.84 Å². The number of allylic oxidation sites excluding steroid dienone is 4. The summed E-state index contributed by atoms with van der Waals surface area (Å²) in [4.78, 5) is 11.2. The Balaban J connectivity index is 3.25. The number of aliphatic hydroxyl groups is 1. The molecule has 0 atom stereocenters. The number of Topliss-reactive ketones (excluding diaryl/α,β-unsaturated/α-hetero) is 1. The van der Waals surface area contributed by atoms with Crippen molar-refractivity contribution in [3.8, 4) is 5.75 Å². The average molecular weight is 260 g/mol. The van der Waals surface area contributed by atoms with Gasteiger partial charge in [0.2, 0.25) is 0 Å². The first-order valence-corrected chi connectivity index (χ1v) is 6.25. The highest BCUT2D eigenvalue weighted by Crippen LogP contribution is 2.25. The molecule has 0 bridgehead atoms. The van der Waals surface area contributed by atoms with Crippen molar-refractivity contribution in [2.75, 3.05) is 7.11 Å². The number of carbonyl (C=O) groups excluding carboxylic acids is 1. The van der Waals surface area contributed by atoms with Gasteiger partial charge in [-0.05, 0) is 42.7 Å². The molecule has 102 valence electrons. The van der Waals surface area contributed by atoms with Crippen LogP contribution in [0.4, 0.5) is 0 Å². The third kappa shape index (κ3) is 3.98. The Morgan fingerprint density at radius 1 is 1.26 bits per heavy atom. The van der Waals surface area contributed by atoms with E-state index >= 15 is 0 Å². The molecular weight excluding hydrogens is 240 g/mol. The van der Waals surface area contributed by atoms with Crippen molar-refractivity contribution in [2.24, 2.45) is 0 Å². The first-order valence-electron chi connectivity index (χ1n) is 6.25. The monoisotopic (exact) mass is 260 g/mol. The first-order chi connectivity index (χ1) is 8.99. The van der Waals surface area contributed by atoms with E-state index in [0.29, 0.717) is 0 Å². The summed E-state index contributed by atoms with van der Waals surface area (Å²) in [6.45, 7) is 5.37. The molecule has 1 N–H and O–H groups in total. The number of hydrogen-bond acceptors (Lipinski definition) is 3. The zero-order valence-corrected chi connectivity index (χ0v) is 11.9. The van der Waals surface area contributed by atoms with Crippen LogP contribution in [-0.2, 0) is 4.79 Å². The van der Waals surface area contributed by atoms with Gasteiger partial charge in [0.1, 0.15) is 5.75 Å². The second-order valence-electron chi connectivity index (χ2n) is 4.36. The normalized spacial score (nSPS) is 12.9. The van der Waals surface area contributed by atoms with Gasteiger partial charge >= 0.3 is 0 Å². The van der Waals surface area contributed by atoms with E-state index < -0.39 is 0 Å². The molecule has 0 radical (unpaired) electrons. The van der Waals surface area contributed by atoms with E-state index in [1.165, 1.54) is 13.0 Å². The first kappa shape index (κ1) is 15.0. The van der Waals surface area contributed by atoms with Gasteiger partial charge in [-0.15, -0.1) is 0 Å². The molecule has 1 rings (SSSR count). The second-order valence-corrected chi connectivity index (χ2v) is 4.36. The Kier molecular flexibility index (Phi) is 5.37. The molecule has 0 heterocycles. The highest BCUT2D eigenvalue weighted by molar-refractivity contribution is 5.94. The van der Waals surface area contributed by atoms with Gasteiger partial charge in [0.15, 0.2) is 11.5 Å². The zero-order chi connectivity index (χ0) is 14.4. The summed E-state index contributed by atoms with van der Waals surface area (Å²) in [5.74, 6) is 0.213. The van der Waals surface area contributed by atoms with Crippen LogP contribution in [-0.4, -0.2) is 18.0 Å². The Hall–Kier alpha value is -2.03. The van der Waals surface area contributed by atoms with Gasteiger partial charge in [-0.3, -0.25) is 4.79 Å². The van der Waals surface area contributed by atoms with Crippen molar-refractivity contribution in [1.82, 2.24) is 0 Å². The Labute approximate surface area is 114 Å². The van der Waals surface area contributed by atoms with Crippen LogP contribution in [0.5, 0.6) is 5.75 Å². The minimum Gasteiger partial charge on any atom is -0.504 e. The summed E-state index contributed by atoms with van der Waals surface area (Å²) in [7, 11) is 1.62. The molecule has 0 aliphatic rings. The Bertz CT molecular complexity index is 507. The number of hydrogen-bond donors (Lipinski definition) is 1. The minimum atomic E-state index is -0.338. The molecule has 0 fully saturated rings. The molecule has 3 nitrogen and oxygen atoms in total.